The lowest BCUT2D eigenvalue weighted by molar-refractivity contribution is 0.981. The van der Waals surface area contributed by atoms with Crippen molar-refractivity contribution < 1.29 is 0 Å². The van der Waals surface area contributed by atoms with Crippen LogP contribution in [-0.4, -0.2) is 9.55 Å². The summed E-state index contributed by atoms with van der Waals surface area (Å²) in [4.78, 5) is 4.57. The van der Waals surface area contributed by atoms with Crippen molar-refractivity contribution >= 4 is 66.1 Å². The zero-order chi connectivity index (χ0) is 14.3. The van der Waals surface area contributed by atoms with Gasteiger partial charge in [-0.25, -0.2) is 4.98 Å². The number of hydrogen-bond acceptors (Lipinski definition) is 1. The molecule has 3 rings (SSSR count). The van der Waals surface area contributed by atoms with Crippen LogP contribution in [0, 0.1) is 0 Å². The quantitative estimate of drug-likeness (QED) is 0.456. The van der Waals surface area contributed by atoms with E-state index >= 15 is 0 Å². The Hall–Kier alpha value is -0.550. The van der Waals surface area contributed by atoms with E-state index in [9.17, 15) is 0 Å². The summed E-state index contributed by atoms with van der Waals surface area (Å²) in [5.41, 5.74) is 2.72. The Morgan fingerprint density at radius 3 is 2.50 bits per heavy atom. The maximum absolute atomic E-state index is 6.33. The third kappa shape index (κ3) is 2.50. The SMILES string of the molecule is ClCc1nc2cc(Br)ccc2n1-c1cc(Br)ccc1Cl. The van der Waals surface area contributed by atoms with Crippen LogP contribution in [0.1, 0.15) is 5.82 Å². The van der Waals surface area contributed by atoms with Gasteiger partial charge in [0, 0.05) is 8.95 Å². The standard InChI is InChI=1S/C14H8Br2Cl2N2/c15-8-2-4-12-11(5-8)19-14(7-17)20(12)13-6-9(16)1-3-10(13)18/h1-6H,7H2. The summed E-state index contributed by atoms with van der Waals surface area (Å²) >= 11 is 19.3. The fourth-order valence-corrected chi connectivity index (χ4v) is 3.20. The van der Waals surface area contributed by atoms with Gasteiger partial charge in [0.1, 0.15) is 5.82 Å². The van der Waals surface area contributed by atoms with Crippen molar-refractivity contribution in [3.63, 3.8) is 0 Å². The van der Waals surface area contributed by atoms with Gasteiger partial charge in [0.2, 0.25) is 0 Å². The van der Waals surface area contributed by atoms with Crippen LogP contribution in [0.2, 0.25) is 5.02 Å². The van der Waals surface area contributed by atoms with Gasteiger partial charge in [0.15, 0.2) is 0 Å². The van der Waals surface area contributed by atoms with E-state index in [-0.39, 0.29) is 0 Å². The molecular formula is C14H8Br2Cl2N2. The Morgan fingerprint density at radius 2 is 1.75 bits per heavy atom. The molecule has 6 heteroatoms. The summed E-state index contributed by atoms with van der Waals surface area (Å²) in [5, 5.41) is 0.654. The van der Waals surface area contributed by atoms with Crippen LogP contribution < -0.4 is 0 Å². The van der Waals surface area contributed by atoms with Gasteiger partial charge in [-0.15, -0.1) is 11.6 Å². The molecule has 0 saturated carbocycles. The predicted octanol–water partition coefficient (Wildman–Crippen LogP) is 5.94. The molecule has 2 nitrogen and oxygen atoms in total. The summed E-state index contributed by atoms with van der Waals surface area (Å²) in [6, 6.07) is 11.7. The van der Waals surface area contributed by atoms with Crippen molar-refractivity contribution in [1.82, 2.24) is 9.55 Å². The van der Waals surface area contributed by atoms with Gasteiger partial charge in [0.05, 0.1) is 27.6 Å². The number of alkyl halides is 1. The maximum Gasteiger partial charge on any atom is 0.129 e. The molecule has 0 N–H and O–H groups in total. The van der Waals surface area contributed by atoms with Crippen LogP contribution in [0.25, 0.3) is 16.7 Å². The van der Waals surface area contributed by atoms with Crippen LogP contribution in [0.5, 0.6) is 0 Å². The van der Waals surface area contributed by atoms with E-state index in [2.05, 4.69) is 36.8 Å². The Kier molecular flexibility index (Phi) is 4.09. The largest absolute Gasteiger partial charge is 0.294 e. The summed E-state index contributed by atoms with van der Waals surface area (Å²) < 4.78 is 3.93. The van der Waals surface area contributed by atoms with Gasteiger partial charge < -0.3 is 0 Å². The molecule has 0 spiro atoms. The molecule has 0 unspecified atom stereocenters. The molecule has 0 aliphatic carbocycles. The Balaban J connectivity index is 2.37. The highest BCUT2D eigenvalue weighted by atomic mass is 79.9. The van der Waals surface area contributed by atoms with E-state index in [1.54, 1.807) is 0 Å². The summed E-state index contributed by atoms with van der Waals surface area (Å²) in [5.74, 6) is 1.08. The average Bonchev–Trinajstić information content (AvgIpc) is 2.78. The minimum atomic E-state index is 0.315. The second kappa shape index (κ2) is 5.68. The Labute approximate surface area is 143 Å². The number of halogens is 4. The molecule has 1 heterocycles. The van der Waals surface area contributed by atoms with E-state index < -0.39 is 0 Å². The first-order chi connectivity index (χ1) is 9.60. The van der Waals surface area contributed by atoms with Crippen molar-refractivity contribution in [2.24, 2.45) is 0 Å². The van der Waals surface area contributed by atoms with Gasteiger partial charge in [0.25, 0.3) is 0 Å². The number of hydrogen-bond donors (Lipinski definition) is 0. The molecule has 0 saturated heterocycles. The lowest BCUT2D eigenvalue weighted by atomic mass is 10.2. The molecule has 102 valence electrons. The Bertz CT molecular complexity index is 799. The first kappa shape index (κ1) is 14.4. The lowest BCUT2D eigenvalue weighted by Crippen LogP contribution is -2.00. The van der Waals surface area contributed by atoms with E-state index in [4.69, 9.17) is 23.2 Å². The predicted molar refractivity (Wildman–Crippen MR) is 91.0 cm³/mol. The number of fused-ring (bicyclic) bond motifs is 1. The van der Waals surface area contributed by atoms with Gasteiger partial charge in [-0.05, 0) is 36.4 Å². The molecular weight excluding hydrogens is 427 g/mol. The molecule has 0 bridgehead atoms. The minimum absolute atomic E-state index is 0.315. The number of aromatic nitrogens is 2. The molecule has 0 amide bonds. The molecule has 20 heavy (non-hydrogen) atoms. The number of nitrogens with zero attached hydrogens (tertiary/aromatic N) is 2. The molecule has 1 aromatic heterocycles. The topological polar surface area (TPSA) is 17.8 Å². The lowest BCUT2D eigenvalue weighted by Gasteiger charge is -2.10. The third-order valence-corrected chi connectivity index (χ3v) is 4.50. The molecule has 2 aromatic carbocycles. The molecule has 0 atom stereocenters. The van der Waals surface area contributed by atoms with Crippen LogP contribution >= 0.6 is 55.1 Å². The minimum Gasteiger partial charge on any atom is -0.294 e. The van der Waals surface area contributed by atoms with Crippen LogP contribution in [0.15, 0.2) is 45.3 Å². The third-order valence-electron chi connectivity index (χ3n) is 2.95. The normalized spacial score (nSPS) is 11.2. The molecule has 0 radical (unpaired) electrons. The number of imidazole rings is 1. The van der Waals surface area contributed by atoms with Crippen LogP contribution in [0.3, 0.4) is 0 Å². The smallest absolute Gasteiger partial charge is 0.129 e. The summed E-state index contributed by atoms with van der Waals surface area (Å²) in [7, 11) is 0. The highest BCUT2D eigenvalue weighted by Crippen LogP contribution is 2.31. The van der Waals surface area contributed by atoms with Gasteiger partial charge in [-0.1, -0.05) is 43.5 Å². The van der Waals surface area contributed by atoms with E-state index in [0.29, 0.717) is 10.9 Å². The number of benzene rings is 2. The zero-order valence-corrected chi connectivity index (χ0v) is 14.8. The monoisotopic (exact) mass is 432 g/mol. The highest BCUT2D eigenvalue weighted by molar-refractivity contribution is 9.10. The van der Waals surface area contributed by atoms with Crippen LogP contribution in [-0.2, 0) is 5.88 Å². The summed E-state index contributed by atoms with van der Waals surface area (Å²) in [6.45, 7) is 0. The summed E-state index contributed by atoms with van der Waals surface area (Å²) in [6.07, 6.45) is 0. The van der Waals surface area contributed by atoms with Gasteiger partial charge >= 0.3 is 0 Å². The van der Waals surface area contributed by atoms with Crippen molar-refractivity contribution in [3.8, 4) is 5.69 Å². The molecule has 3 aromatic rings. The molecule has 0 fully saturated rings. The van der Waals surface area contributed by atoms with E-state index in [1.807, 2.05) is 41.0 Å². The van der Waals surface area contributed by atoms with Gasteiger partial charge in [-0.2, -0.15) is 0 Å². The van der Waals surface area contributed by atoms with Crippen molar-refractivity contribution in [2.75, 3.05) is 0 Å². The number of rotatable bonds is 2. The Morgan fingerprint density at radius 1 is 1.05 bits per heavy atom. The second-order valence-electron chi connectivity index (χ2n) is 4.23. The van der Waals surface area contributed by atoms with E-state index in [0.717, 1.165) is 31.5 Å². The highest BCUT2D eigenvalue weighted by Gasteiger charge is 2.14. The zero-order valence-electron chi connectivity index (χ0n) is 10.1. The first-order valence-corrected chi connectivity index (χ1v) is 8.28. The van der Waals surface area contributed by atoms with Crippen molar-refractivity contribution in [1.29, 1.82) is 0 Å². The fraction of sp³-hybridized carbons (Fsp3) is 0.0714. The second-order valence-corrected chi connectivity index (χ2v) is 6.73. The van der Waals surface area contributed by atoms with Crippen molar-refractivity contribution in [2.45, 2.75) is 5.88 Å². The average molecular weight is 435 g/mol. The van der Waals surface area contributed by atoms with E-state index in [1.165, 1.54) is 0 Å². The van der Waals surface area contributed by atoms with Crippen molar-refractivity contribution in [3.05, 3.63) is 56.2 Å². The molecule has 0 aliphatic heterocycles. The fourth-order valence-electron chi connectivity index (χ4n) is 2.12. The van der Waals surface area contributed by atoms with Gasteiger partial charge in [-0.3, -0.25) is 4.57 Å². The van der Waals surface area contributed by atoms with Crippen LogP contribution in [0.4, 0.5) is 0 Å². The molecule has 0 aliphatic rings. The maximum atomic E-state index is 6.33. The first-order valence-electron chi connectivity index (χ1n) is 5.78.